The zero-order valence-electron chi connectivity index (χ0n) is 16.1. The summed E-state index contributed by atoms with van der Waals surface area (Å²) in [6.45, 7) is 6.75. The van der Waals surface area contributed by atoms with Crippen molar-refractivity contribution in [3.05, 3.63) is 23.4 Å². The quantitative estimate of drug-likeness (QED) is 0.810. The lowest BCUT2D eigenvalue weighted by Crippen LogP contribution is -2.34. The standard InChI is InChI=1S/C17H24F3N3O2.C2H6/c18-17(19,20)15-8-12(10-23-7-1-2-13(23)11-24)9-16(22-15)25-14-3-5-21-6-4-14;1-2/h8-9,13-14,21,24H,1-7,10-11H2;1-2H3/t13-;/m0./s1. The van der Waals surface area contributed by atoms with Crippen LogP contribution < -0.4 is 10.1 Å². The van der Waals surface area contributed by atoms with Gasteiger partial charge in [-0.25, -0.2) is 4.98 Å². The highest BCUT2D eigenvalue weighted by atomic mass is 19.4. The third-order valence-corrected chi connectivity index (χ3v) is 4.82. The summed E-state index contributed by atoms with van der Waals surface area (Å²) in [6, 6.07) is 2.70. The molecule has 0 aromatic carbocycles. The van der Waals surface area contributed by atoms with Gasteiger partial charge in [0.05, 0.1) is 6.61 Å². The molecule has 2 N–H and O–H groups in total. The second-order valence-electron chi connectivity index (χ2n) is 6.71. The molecule has 8 heteroatoms. The fraction of sp³-hybridized carbons (Fsp3) is 0.737. The molecular weight excluding hydrogens is 359 g/mol. The molecule has 5 nitrogen and oxygen atoms in total. The Bertz CT molecular complexity index is 578. The molecule has 0 aliphatic carbocycles. The van der Waals surface area contributed by atoms with Crippen LogP contribution in [0.2, 0.25) is 0 Å². The molecule has 2 fully saturated rings. The monoisotopic (exact) mass is 389 g/mol. The van der Waals surface area contributed by atoms with E-state index in [4.69, 9.17) is 4.74 Å². The normalized spacial score (nSPS) is 21.6. The summed E-state index contributed by atoms with van der Waals surface area (Å²) < 4.78 is 45.3. The molecule has 0 amide bonds. The van der Waals surface area contributed by atoms with Crippen LogP contribution in [0.5, 0.6) is 5.88 Å². The minimum Gasteiger partial charge on any atom is -0.474 e. The van der Waals surface area contributed by atoms with Crippen molar-refractivity contribution in [2.45, 2.75) is 64.4 Å². The molecule has 1 aromatic heterocycles. The summed E-state index contributed by atoms with van der Waals surface area (Å²) in [7, 11) is 0. The van der Waals surface area contributed by atoms with Gasteiger partial charge in [0.2, 0.25) is 5.88 Å². The van der Waals surface area contributed by atoms with E-state index in [1.807, 2.05) is 18.7 Å². The number of aromatic nitrogens is 1. The van der Waals surface area contributed by atoms with E-state index in [-0.39, 0.29) is 24.6 Å². The fourth-order valence-corrected chi connectivity index (χ4v) is 3.48. The zero-order chi connectivity index (χ0) is 19.9. The van der Waals surface area contributed by atoms with Gasteiger partial charge < -0.3 is 15.2 Å². The highest BCUT2D eigenvalue weighted by Crippen LogP contribution is 2.31. The van der Waals surface area contributed by atoms with Gasteiger partial charge in [-0.3, -0.25) is 4.90 Å². The number of halogens is 3. The highest BCUT2D eigenvalue weighted by molar-refractivity contribution is 5.27. The van der Waals surface area contributed by atoms with Crippen molar-refractivity contribution in [2.75, 3.05) is 26.2 Å². The molecule has 27 heavy (non-hydrogen) atoms. The number of hydrogen-bond acceptors (Lipinski definition) is 5. The molecular formula is C19H30F3N3O2. The van der Waals surface area contributed by atoms with E-state index < -0.39 is 11.9 Å². The third kappa shape index (κ3) is 6.33. The topological polar surface area (TPSA) is 57.6 Å². The molecule has 1 aromatic rings. The number of pyridine rings is 1. The van der Waals surface area contributed by atoms with E-state index >= 15 is 0 Å². The van der Waals surface area contributed by atoms with Gasteiger partial charge in [0.15, 0.2) is 0 Å². The number of aliphatic hydroxyl groups excluding tert-OH is 1. The second-order valence-corrected chi connectivity index (χ2v) is 6.71. The Kier molecular flexibility index (Phi) is 8.31. The number of alkyl halides is 3. The average molecular weight is 389 g/mol. The van der Waals surface area contributed by atoms with E-state index in [9.17, 15) is 18.3 Å². The van der Waals surface area contributed by atoms with Crippen LogP contribution in [-0.2, 0) is 12.7 Å². The van der Waals surface area contributed by atoms with Gasteiger partial charge in [-0.2, -0.15) is 13.2 Å². The van der Waals surface area contributed by atoms with E-state index in [0.29, 0.717) is 12.1 Å². The van der Waals surface area contributed by atoms with Crippen molar-refractivity contribution in [2.24, 2.45) is 0 Å². The number of aliphatic hydroxyl groups is 1. The first-order valence-electron chi connectivity index (χ1n) is 9.76. The van der Waals surface area contributed by atoms with Crippen LogP contribution in [-0.4, -0.2) is 53.4 Å². The van der Waals surface area contributed by atoms with Crippen molar-refractivity contribution in [3.63, 3.8) is 0 Å². The van der Waals surface area contributed by atoms with Crippen molar-refractivity contribution < 1.29 is 23.0 Å². The van der Waals surface area contributed by atoms with Crippen molar-refractivity contribution in [3.8, 4) is 5.88 Å². The fourth-order valence-electron chi connectivity index (χ4n) is 3.48. The number of nitrogens with one attached hydrogen (secondary N) is 1. The molecule has 1 atom stereocenters. The maximum Gasteiger partial charge on any atom is 0.433 e. The maximum atomic E-state index is 13.2. The number of nitrogens with zero attached hydrogens (tertiary/aromatic N) is 2. The summed E-state index contributed by atoms with van der Waals surface area (Å²) in [5.74, 6) is 0.0384. The van der Waals surface area contributed by atoms with Crippen molar-refractivity contribution in [1.82, 2.24) is 15.2 Å². The Morgan fingerprint density at radius 3 is 2.56 bits per heavy atom. The Hall–Kier alpha value is -1.38. The number of rotatable bonds is 5. The molecule has 154 valence electrons. The largest absolute Gasteiger partial charge is 0.474 e. The van der Waals surface area contributed by atoms with Gasteiger partial charge in [-0.05, 0) is 56.9 Å². The van der Waals surface area contributed by atoms with Crippen LogP contribution in [0.1, 0.15) is 50.8 Å². The minimum absolute atomic E-state index is 0.0105. The average Bonchev–Trinajstić information content (AvgIpc) is 3.10. The Balaban J connectivity index is 0.00000126. The molecule has 3 rings (SSSR count). The number of piperidine rings is 1. The van der Waals surface area contributed by atoms with Gasteiger partial charge >= 0.3 is 6.18 Å². The lowest BCUT2D eigenvalue weighted by atomic mass is 10.1. The lowest BCUT2D eigenvalue weighted by Gasteiger charge is -2.25. The third-order valence-electron chi connectivity index (χ3n) is 4.82. The van der Waals surface area contributed by atoms with Gasteiger partial charge in [0.1, 0.15) is 11.8 Å². The number of likely N-dealkylation sites (tertiary alicyclic amines) is 1. The minimum atomic E-state index is -4.51. The van der Waals surface area contributed by atoms with Crippen molar-refractivity contribution in [1.29, 1.82) is 0 Å². The SMILES string of the molecule is CC.OC[C@@H]1CCCN1Cc1cc(OC2CCNCC2)nc(C(F)(F)F)c1. The summed E-state index contributed by atoms with van der Waals surface area (Å²) in [6.07, 6.45) is -1.30. The first kappa shape index (κ1) is 21.9. The second kappa shape index (κ2) is 10.2. The lowest BCUT2D eigenvalue weighted by molar-refractivity contribution is -0.141. The Morgan fingerprint density at radius 2 is 1.93 bits per heavy atom. The number of hydrogen-bond donors (Lipinski definition) is 2. The first-order chi connectivity index (χ1) is 13.0. The molecule has 2 aliphatic heterocycles. The Labute approximate surface area is 158 Å². The highest BCUT2D eigenvalue weighted by Gasteiger charge is 2.34. The summed E-state index contributed by atoms with van der Waals surface area (Å²) >= 11 is 0. The molecule has 2 saturated heterocycles. The first-order valence-corrected chi connectivity index (χ1v) is 9.76. The van der Waals surface area contributed by atoms with Gasteiger partial charge in [0.25, 0.3) is 0 Å². The smallest absolute Gasteiger partial charge is 0.433 e. The van der Waals surface area contributed by atoms with Gasteiger partial charge in [0, 0.05) is 18.7 Å². The van der Waals surface area contributed by atoms with E-state index in [1.54, 1.807) is 6.07 Å². The maximum absolute atomic E-state index is 13.2. The molecule has 0 saturated carbocycles. The van der Waals surface area contributed by atoms with Crippen LogP contribution in [0.4, 0.5) is 13.2 Å². The predicted molar refractivity (Wildman–Crippen MR) is 97.6 cm³/mol. The summed E-state index contributed by atoms with van der Waals surface area (Å²) in [5, 5.41) is 12.6. The molecule has 0 bridgehead atoms. The molecule has 2 aliphatic rings. The van der Waals surface area contributed by atoms with Crippen LogP contribution in [0.15, 0.2) is 12.1 Å². The van der Waals surface area contributed by atoms with E-state index in [0.717, 1.165) is 51.4 Å². The summed E-state index contributed by atoms with van der Waals surface area (Å²) in [5.41, 5.74) is -0.403. The Morgan fingerprint density at radius 1 is 1.22 bits per heavy atom. The van der Waals surface area contributed by atoms with Crippen LogP contribution >= 0.6 is 0 Å². The van der Waals surface area contributed by atoms with Crippen molar-refractivity contribution >= 4 is 0 Å². The zero-order valence-corrected chi connectivity index (χ0v) is 16.1. The molecule has 0 unspecified atom stereocenters. The molecule has 3 heterocycles. The van der Waals surface area contributed by atoms with Gasteiger partial charge in [-0.15, -0.1) is 0 Å². The van der Waals surface area contributed by atoms with Gasteiger partial charge in [-0.1, -0.05) is 13.8 Å². The van der Waals surface area contributed by atoms with Crippen LogP contribution in [0.25, 0.3) is 0 Å². The van der Waals surface area contributed by atoms with Crippen LogP contribution in [0.3, 0.4) is 0 Å². The molecule has 0 radical (unpaired) electrons. The number of ether oxygens (including phenoxy) is 1. The molecule has 0 spiro atoms. The summed E-state index contributed by atoms with van der Waals surface area (Å²) in [4.78, 5) is 5.69. The van der Waals surface area contributed by atoms with E-state index in [2.05, 4.69) is 10.3 Å². The predicted octanol–water partition coefficient (Wildman–Crippen LogP) is 3.21. The van der Waals surface area contributed by atoms with Crippen LogP contribution in [0, 0.1) is 0 Å². The van der Waals surface area contributed by atoms with E-state index in [1.165, 1.54) is 0 Å².